The molecule has 0 radical (unpaired) electrons. The van der Waals surface area contributed by atoms with Gasteiger partial charge in [-0.1, -0.05) is 12.1 Å². The zero-order valence-electron chi connectivity index (χ0n) is 8.22. The predicted octanol–water partition coefficient (Wildman–Crippen LogP) is 3.66. The Morgan fingerprint density at radius 1 is 1.31 bits per heavy atom. The topological polar surface area (TPSA) is 26.3 Å². The number of benzene rings is 1. The average Bonchev–Trinajstić information content (AvgIpc) is 2.15. The molecule has 1 rings (SSSR count). The Morgan fingerprint density at radius 3 is 2.19 bits per heavy atom. The summed E-state index contributed by atoms with van der Waals surface area (Å²) < 4.78 is 41.5. The second-order valence-electron chi connectivity index (χ2n) is 3.05. The van der Waals surface area contributed by atoms with E-state index < -0.39 is 22.7 Å². The summed E-state index contributed by atoms with van der Waals surface area (Å²) in [6.45, 7) is 1.22. The van der Waals surface area contributed by atoms with E-state index in [1.54, 1.807) is 0 Å². The van der Waals surface area contributed by atoms with Crippen molar-refractivity contribution in [1.82, 2.24) is 0 Å². The lowest BCUT2D eigenvalue weighted by atomic mass is 10.1. The van der Waals surface area contributed by atoms with Gasteiger partial charge in [-0.3, -0.25) is 4.79 Å². The van der Waals surface area contributed by atoms with Crippen LogP contribution in [0.4, 0.5) is 13.2 Å². The van der Waals surface area contributed by atoms with Crippen LogP contribution < -0.4 is 0 Å². The molecule has 1 atom stereocenters. The molecule has 0 aliphatic rings. The predicted molar refractivity (Wildman–Crippen MR) is 54.9 cm³/mol. The van der Waals surface area contributed by atoms with E-state index >= 15 is 0 Å². The van der Waals surface area contributed by atoms with Crippen LogP contribution in [0.25, 0.3) is 0 Å². The van der Waals surface area contributed by atoms with Gasteiger partial charge in [0.2, 0.25) is 0 Å². The van der Waals surface area contributed by atoms with Gasteiger partial charge in [0.1, 0.15) is 0 Å². The van der Waals surface area contributed by atoms with Crippen LogP contribution in [-0.4, -0.2) is 5.97 Å². The van der Waals surface area contributed by atoms with Gasteiger partial charge in [0, 0.05) is 12.5 Å². The van der Waals surface area contributed by atoms with Crippen molar-refractivity contribution in [2.45, 2.75) is 18.1 Å². The van der Waals surface area contributed by atoms with E-state index in [2.05, 4.69) is 15.9 Å². The fraction of sp³-hybridized carbons (Fsp3) is 0.300. The molecule has 2 nitrogen and oxygen atoms in total. The summed E-state index contributed by atoms with van der Waals surface area (Å²) >= 11 is 3.04. The Morgan fingerprint density at radius 2 is 1.81 bits per heavy atom. The third kappa shape index (κ3) is 3.52. The van der Waals surface area contributed by atoms with E-state index in [0.717, 1.165) is 12.1 Å². The molecular weight excluding hydrogens is 289 g/mol. The van der Waals surface area contributed by atoms with Crippen molar-refractivity contribution in [3.8, 4) is 0 Å². The monoisotopic (exact) mass is 296 g/mol. The number of rotatable bonds is 2. The summed E-state index contributed by atoms with van der Waals surface area (Å²) in [5.41, 5.74) is -0.290. The zero-order valence-corrected chi connectivity index (χ0v) is 9.80. The normalized spacial score (nSPS) is 13.3. The van der Waals surface area contributed by atoms with E-state index in [1.165, 1.54) is 19.1 Å². The first-order valence-electron chi connectivity index (χ1n) is 4.29. The molecule has 88 valence electrons. The number of hydrogen-bond acceptors (Lipinski definition) is 2. The molecule has 16 heavy (non-hydrogen) atoms. The van der Waals surface area contributed by atoms with Crippen LogP contribution in [0, 0.1) is 0 Å². The molecule has 1 aromatic carbocycles. The van der Waals surface area contributed by atoms with Crippen LogP contribution in [0.1, 0.15) is 23.1 Å². The van der Waals surface area contributed by atoms with E-state index in [0.29, 0.717) is 5.56 Å². The third-order valence-corrected chi connectivity index (χ3v) is 2.49. The molecule has 1 aromatic rings. The lowest BCUT2D eigenvalue weighted by Crippen LogP contribution is -2.06. The van der Waals surface area contributed by atoms with Gasteiger partial charge in [-0.05, 0) is 28.1 Å². The van der Waals surface area contributed by atoms with Crippen molar-refractivity contribution in [1.29, 1.82) is 0 Å². The third-order valence-electron chi connectivity index (χ3n) is 1.77. The summed E-state index contributed by atoms with van der Waals surface area (Å²) in [4.78, 5) is 10.6. The summed E-state index contributed by atoms with van der Waals surface area (Å²) in [7, 11) is 0. The number of halogens is 4. The Bertz CT molecular complexity index is 373. The van der Waals surface area contributed by atoms with Crippen LogP contribution in [-0.2, 0) is 15.7 Å². The highest BCUT2D eigenvalue weighted by Crippen LogP contribution is 2.31. The van der Waals surface area contributed by atoms with Gasteiger partial charge < -0.3 is 4.74 Å². The average molecular weight is 297 g/mol. The number of ether oxygens (including phenoxy) is 1. The van der Waals surface area contributed by atoms with Crippen molar-refractivity contribution in [3.63, 3.8) is 0 Å². The highest BCUT2D eigenvalue weighted by Gasteiger charge is 2.30. The first-order valence-corrected chi connectivity index (χ1v) is 5.20. The Labute approximate surface area is 98.5 Å². The quantitative estimate of drug-likeness (QED) is 0.615. The highest BCUT2D eigenvalue weighted by molar-refractivity contribution is 9.09. The van der Waals surface area contributed by atoms with Crippen molar-refractivity contribution in [2.24, 2.45) is 0 Å². The van der Waals surface area contributed by atoms with E-state index in [-0.39, 0.29) is 0 Å². The van der Waals surface area contributed by atoms with Crippen LogP contribution in [0.3, 0.4) is 0 Å². The molecule has 6 heteroatoms. The molecule has 0 aliphatic heterocycles. The molecule has 0 N–H and O–H groups in total. The van der Waals surface area contributed by atoms with Crippen molar-refractivity contribution < 1.29 is 22.7 Å². The van der Waals surface area contributed by atoms with E-state index in [1.807, 2.05) is 0 Å². The second-order valence-corrected chi connectivity index (χ2v) is 3.88. The molecule has 1 unspecified atom stereocenters. The maximum absolute atomic E-state index is 12.2. The van der Waals surface area contributed by atoms with Crippen molar-refractivity contribution in [2.75, 3.05) is 0 Å². The van der Waals surface area contributed by atoms with Gasteiger partial charge in [0.25, 0.3) is 0 Å². The van der Waals surface area contributed by atoms with E-state index in [9.17, 15) is 18.0 Å². The molecule has 0 saturated carbocycles. The first kappa shape index (κ1) is 13.0. The minimum atomic E-state index is -4.36. The summed E-state index contributed by atoms with van der Waals surface area (Å²) in [5.74, 6) is -0.512. The van der Waals surface area contributed by atoms with Gasteiger partial charge in [-0.25, -0.2) is 0 Å². The first-order chi connectivity index (χ1) is 7.30. The fourth-order valence-corrected chi connectivity index (χ4v) is 1.61. The number of alkyl halides is 4. The SMILES string of the molecule is CC(=O)OC(Br)c1ccc(C(F)(F)F)cc1. The maximum atomic E-state index is 12.2. The number of hydrogen-bond donors (Lipinski definition) is 0. The molecule has 0 spiro atoms. The molecule has 0 fully saturated rings. The number of carbonyl (C=O) groups excluding carboxylic acids is 1. The standard InChI is InChI=1S/C10H8BrF3O2/c1-6(15)16-9(11)7-2-4-8(5-3-7)10(12,13)14/h2-5,9H,1H3. The van der Waals surface area contributed by atoms with Gasteiger partial charge in [-0.2, -0.15) is 13.2 Å². The van der Waals surface area contributed by atoms with Crippen LogP contribution in [0.2, 0.25) is 0 Å². The molecule has 0 bridgehead atoms. The Hall–Kier alpha value is -1.04. The molecule has 0 amide bonds. The molecular formula is C10H8BrF3O2. The summed E-state index contributed by atoms with van der Waals surface area (Å²) in [6.07, 6.45) is -4.36. The lowest BCUT2D eigenvalue weighted by Gasteiger charge is -2.12. The van der Waals surface area contributed by atoms with Crippen molar-refractivity contribution in [3.05, 3.63) is 35.4 Å². The van der Waals surface area contributed by atoms with Crippen LogP contribution >= 0.6 is 15.9 Å². The summed E-state index contributed by atoms with van der Waals surface area (Å²) in [6, 6.07) is 4.39. The Kier molecular flexibility index (Phi) is 3.96. The number of carbonyl (C=O) groups is 1. The smallest absolute Gasteiger partial charge is 0.416 e. The molecule has 0 heterocycles. The summed E-state index contributed by atoms with van der Waals surface area (Å²) in [5, 5.41) is -0.729. The zero-order chi connectivity index (χ0) is 12.3. The lowest BCUT2D eigenvalue weighted by molar-refractivity contribution is -0.142. The second kappa shape index (κ2) is 4.86. The van der Waals surface area contributed by atoms with Crippen LogP contribution in [0.5, 0.6) is 0 Å². The van der Waals surface area contributed by atoms with E-state index in [4.69, 9.17) is 4.74 Å². The van der Waals surface area contributed by atoms with Gasteiger partial charge >= 0.3 is 12.1 Å². The minimum Gasteiger partial charge on any atom is -0.446 e. The van der Waals surface area contributed by atoms with Crippen LogP contribution in [0.15, 0.2) is 24.3 Å². The fourth-order valence-electron chi connectivity index (χ4n) is 1.04. The van der Waals surface area contributed by atoms with Gasteiger partial charge in [0.05, 0.1) is 5.56 Å². The van der Waals surface area contributed by atoms with Gasteiger partial charge in [0.15, 0.2) is 5.01 Å². The Balaban J connectivity index is 2.83. The molecule has 0 aromatic heterocycles. The molecule has 0 saturated heterocycles. The molecule has 0 aliphatic carbocycles. The highest BCUT2D eigenvalue weighted by atomic mass is 79.9. The van der Waals surface area contributed by atoms with Gasteiger partial charge in [-0.15, -0.1) is 0 Å². The van der Waals surface area contributed by atoms with Crippen molar-refractivity contribution >= 4 is 21.9 Å². The minimum absolute atomic E-state index is 0.447. The number of esters is 1. The maximum Gasteiger partial charge on any atom is 0.416 e. The largest absolute Gasteiger partial charge is 0.446 e.